The zero-order valence-corrected chi connectivity index (χ0v) is 18.3. The number of pyridine rings is 1. The van der Waals surface area contributed by atoms with Crippen molar-refractivity contribution >= 4 is 17.5 Å². The molecule has 1 amide bonds. The van der Waals surface area contributed by atoms with Crippen LogP contribution in [-0.2, 0) is 0 Å². The zero-order chi connectivity index (χ0) is 21.4. The number of nitrogens with one attached hydrogen (secondary N) is 1. The number of alkyl halides is 1. The fourth-order valence-electron chi connectivity index (χ4n) is 3.19. The molecule has 0 saturated heterocycles. The third-order valence-electron chi connectivity index (χ3n) is 4.89. The Balaban J connectivity index is 1.62. The van der Waals surface area contributed by atoms with Crippen LogP contribution in [0.5, 0.6) is 11.6 Å². The molecule has 1 heterocycles. The number of carbonyl (C=O) groups excluding carboxylic acids is 1. The van der Waals surface area contributed by atoms with Crippen molar-refractivity contribution < 1.29 is 13.9 Å². The number of hydrogen-bond acceptors (Lipinski definition) is 3. The van der Waals surface area contributed by atoms with E-state index in [0.717, 1.165) is 25.7 Å². The zero-order valence-electron chi connectivity index (χ0n) is 17.5. The number of ether oxygens (including phenoxy) is 1. The number of carbonyl (C=O) groups is 1. The molecule has 0 saturated carbocycles. The first-order valence-electron chi connectivity index (χ1n) is 10.9. The largest absolute Gasteiger partial charge is 0.438 e. The summed E-state index contributed by atoms with van der Waals surface area (Å²) in [4.78, 5) is 16.7. The topological polar surface area (TPSA) is 51.2 Å². The predicted molar refractivity (Wildman–Crippen MR) is 120 cm³/mol. The monoisotopic (exact) mass is 434 g/mol. The Morgan fingerprint density at radius 3 is 2.13 bits per heavy atom. The number of aromatic nitrogens is 1. The van der Waals surface area contributed by atoms with Crippen molar-refractivity contribution in [1.29, 1.82) is 0 Å². The fraction of sp³-hybridized carbons (Fsp3) is 0.500. The van der Waals surface area contributed by atoms with Crippen molar-refractivity contribution in [3.63, 3.8) is 0 Å². The molecule has 0 fully saturated rings. The van der Waals surface area contributed by atoms with E-state index < -0.39 is 0 Å². The van der Waals surface area contributed by atoms with Gasteiger partial charge < -0.3 is 10.1 Å². The van der Waals surface area contributed by atoms with Crippen LogP contribution in [0.1, 0.15) is 74.6 Å². The van der Waals surface area contributed by atoms with Crippen LogP contribution in [0, 0.1) is 0 Å². The van der Waals surface area contributed by atoms with Crippen molar-refractivity contribution in [2.75, 3.05) is 13.2 Å². The molecule has 0 aliphatic carbocycles. The third kappa shape index (κ3) is 9.57. The number of nitrogens with zero attached hydrogens (tertiary/aromatic N) is 1. The smallest absolute Gasteiger partial charge is 0.256 e. The summed E-state index contributed by atoms with van der Waals surface area (Å²) in [6.07, 6.45) is 12.6. The van der Waals surface area contributed by atoms with Gasteiger partial charge in [0.2, 0.25) is 5.88 Å². The first kappa shape index (κ1) is 24.1. The highest BCUT2D eigenvalue weighted by Crippen LogP contribution is 2.24. The Bertz CT molecular complexity index is 740. The Kier molecular flexibility index (Phi) is 11.9. The summed E-state index contributed by atoms with van der Waals surface area (Å²) in [6.45, 7) is 0.450. The lowest BCUT2D eigenvalue weighted by Crippen LogP contribution is -2.25. The second-order valence-electron chi connectivity index (χ2n) is 7.39. The van der Waals surface area contributed by atoms with Crippen LogP contribution in [0.15, 0.2) is 42.6 Å². The molecule has 1 aromatic heterocycles. The van der Waals surface area contributed by atoms with Gasteiger partial charge in [-0.2, -0.15) is 0 Å². The summed E-state index contributed by atoms with van der Waals surface area (Å²) in [5.41, 5.74) is 0.417. The average Bonchev–Trinajstić information content (AvgIpc) is 2.76. The predicted octanol–water partition coefficient (Wildman–Crippen LogP) is 7.13. The highest BCUT2D eigenvalue weighted by Gasteiger charge is 2.13. The van der Waals surface area contributed by atoms with Gasteiger partial charge in [-0.3, -0.25) is 9.18 Å². The number of unbranched alkanes of at least 4 members (excludes halogenated alkanes) is 9. The Hall–Kier alpha value is -2.14. The normalized spacial score (nSPS) is 10.7. The number of hydrogen-bond donors (Lipinski definition) is 1. The molecule has 2 aromatic rings. The molecule has 0 unspecified atom stereocenters. The van der Waals surface area contributed by atoms with E-state index in [1.807, 2.05) is 0 Å². The maximum atomic E-state index is 12.5. The van der Waals surface area contributed by atoms with Gasteiger partial charge in [0.15, 0.2) is 0 Å². The summed E-state index contributed by atoms with van der Waals surface area (Å²) in [7, 11) is 0. The Morgan fingerprint density at radius 1 is 0.900 bits per heavy atom. The molecule has 0 aliphatic heterocycles. The van der Waals surface area contributed by atoms with E-state index in [1.54, 1.807) is 42.6 Å². The van der Waals surface area contributed by atoms with Crippen LogP contribution in [0.3, 0.4) is 0 Å². The van der Waals surface area contributed by atoms with Gasteiger partial charge in [0, 0.05) is 17.8 Å². The summed E-state index contributed by atoms with van der Waals surface area (Å²) in [5, 5.41) is 3.57. The summed E-state index contributed by atoms with van der Waals surface area (Å²) in [6, 6.07) is 10.4. The second kappa shape index (κ2) is 14.8. The standard InChI is InChI=1S/C24H32ClFN2O2/c25-20-13-15-21(16-14-20)30-24-22(12-11-19-28-24)23(29)27-18-10-8-6-4-2-1-3-5-7-9-17-26/h11-16,19H,1-10,17-18H2,(H,27,29). The lowest BCUT2D eigenvalue weighted by Gasteiger charge is -2.10. The Morgan fingerprint density at radius 2 is 1.50 bits per heavy atom. The molecule has 0 atom stereocenters. The summed E-state index contributed by atoms with van der Waals surface area (Å²) in [5.74, 6) is 0.679. The minimum atomic E-state index is -0.186. The van der Waals surface area contributed by atoms with Crippen LogP contribution in [0.2, 0.25) is 5.02 Å². The molecule has 0 aliphatic rings. The number of amides is 1. The Labute approximate surface area is 184 Å². The van der Waals surface area contributed by atoms with E-state index in [2.05, 4.69) is 10.3 Å². The van der Waals surface area contributed by atoms with Crippen LogP contribution < -0.4 is 10.1 Å². The van der Waals surface area contributed by atoms with Gasteiger partial charge in [-0.25, -0.2) is 4.98 Å². The first-order chi connectivity index (χ1) is 14.7. The van der Waals surface area contributed by atoms with Gasteiger partial charge >= 0.3 is 0 Å². The highest BCUT2D eigenvalue weighted by atomic mass is 35.5. The SMILES string of the molecule is O=C(NCCCCCCCCCCCCF)c1cccnc1Oc1ccc(Cl)cc1. The van der Waals surface area contributed by atoms with Crippen molar-refractivity contribution in [2.24, 2.45) is 0 Å². The molecule has 1 N–H and O–H groups in total. The van der Waals surface area contributed by atoms with Crippen LogP contribution in [-0.4, -0.2) is 24.1 Å². The summed E-state index contributed by atoms with van der Waals surface area (Å²) < 4.78 is 17.7. The molecular formula is C24H32ClFN2O2. The molecule has 30 heavy (non-hydrogen) atoms. The van der Waals surface area contributed by atoms with Gasteiger partial charge in [-0.05, 0) is 49.2 Å². The number of benzene rings is 1. The van der Waals surface area contributed by atoms with E-state index in [9.17, 15) is 9.18 Å². The molecular weight excluding hydrogens is 403 g/mol. The molecule has 164 valence electrons. The van der Waals surface area contributed by atoms with E-state index >= 15 is 0 Å². The molecule has 0 radical (unpaired) electrons. The quantitative estimate of drug-likeness (QED) is 0.303. The molecule has 1 aromatic carbocycles. The lowest BCUT2D eigenvalue weighted by atomic mass is 10.1. The average molecular weight is 435 g/mol. The number of halogens is 2. The molecule has 0 spiro atoms. The molecule has 6 heteroatoms. The maximum absolute atomic E-state index is 12.5. The van der Waals surface area contributed by atoms with Crippen molar-refractivity contribution in [1.82, 2.24) is 10.3 Å². The van der Waals surface area contributed by atoms with E-state index in [1.165, 1.54) is 32.1 Å². The van der Waals surface area contributed by atoms with Gasteiger partial charge in [-0.1, -0.05) is 63.0 Å². The lowest BCUT2D eigenvalue weighted by molar-refractivity contribution is 0.0950. The molecule has 4 nitrogen and oxygen atoms in total. The summed E-state index contributed by atoms with van der Waals surface area (Å²) >= 11 is 5.89. The first-order valence-corrected chi connectivity index (χ1v) is 11.3. The van der Waals surface area contributed by atoms with Crippen molar-refractivity contribution in [3.05, 3.63) is 53.2 Å². The fourth-order valence-corrected chi connectivity index (χ4v) is 3.32. The van der Waals surface area contributed by atoms with E-state index in [4.69, 9.17) is 16.3 Å². The van der Waals surface area contributed by atoms with Crippen LogP contribution >= 0.6 is 11.6 Å². The van der Waals surface area contributed by atoms with Crippen molar-refractivity contribution in [2.45, 2.75) is 64.2 Å². The highest BCUT2D eigenvalue weighted by molar-refractivity contribution is 6.30. The molecule has 2 rings (SSSR count). The number of rotatable bonds is 15. The van der Waals surface area contributed by atoms with Crippen LogP contribution in [0.25, 0.3) is 0 Å². The van der Waals surface area contributed by atoms with Crippen LogP contribution in [0.4, 0.5) is 4.39 Å². The van der Waals surface area contributed by atoms with Gasteiger partial charge in [0.1, 0.15) is 11.3 Å². The van der Waals surface area contributed by atoms with Gasteiger partial charge in [0.05, 0.1) is 6.67 Å². The molecule has 0 bridgehead atoms. The van der Waals surface area contributed by atoms with E-state index in [-0.39, 0.29) is 18.5 Å². The van der Waals surface area contributed by atoms with Gasteiger partial charge in [0.25, 0.3) is 5.91 Å². The minimum absolute atomic E-state index is 0.180. The van der Waals surface area contributed by atoms with Gasteiger partial charge in [-0.15, -0.1) is 0 Å². The maximum Gasteiger partial charge on any atom is 0.256 e. The van der Waals surface area contributed by atoms with E-state index in [0.29, 0.717) is 29.3 Å². The minimum Gasteiger partial charge on any atom is -0.438 e. The third-order valence-corrected chi connectivity index (χ3v) is 5.14. The van der Waals surface area contributed by atoms with Crippen molar-refractivity contribution in [3.8, 4) is 11.6 Å². The second-order valence-corrected chi connectivity index (χ2v) is 7.83.